The van der Waals surface area contributed by atoms with Crippen LogP contribution in [0.5, 0.6) is 0 Å². The molecular formula is C12H16N4O2S. The van der Waals surface area contributed by atoms with E-state index in [2.05, 4.69) is 20.8 Å². The van der Waals surface area contributed by atoms with Gasteiger partial charge in [-0.3, -0.25) is 10.1 Å². The number of anilines is 1. The van der Waals surface area contributed by atoms with Crippen LogP contribution >= 0.6 is 11.3 Å². The lowest BCUT2D eigenvalue weighted by Gasteiger charge is -2.08. The number of hydrogen-bond acceptors (Lipinski definition) is 6. The van der Waals surface area contributed by atoms with E-state index in [0.717, 1.165) is 12.2 Å². The Labute approximate surface area is 115 Å². The Kier molecular flexibility index (Phi) is 4.28. The molecule has 1 unspecified atom stereocenters. The van der Waals surface area contributed by atoms with Crippen LogP contribution in [0, 0.1) is 6.92 Å². The van der Waals surface area contributed by atoms with Crippen LogP contribution in [0.1, 0.15) is 41.8 Å². The molecule has 2 aromatic heterocycles. The highest BCUT2D eigenvalue weighted by molar-refractivity contribution is 7.14. The Bertz CT molecular complexity index is 564. The first-order valence-electron chi connectivity index (χ1n) is 6.03. The Morgan fingerprint density at radius 3 is 3.00 bits per heavy atom. The normalized spacial score (nSPS) is 12.4. The van der Waals surface area contributed by atoms with Crippen molar-refractivity contribution in [2.45, 2.75) is 26.8 Å². The third-order valence-electron chi connectivity index (χ3n) is 2.56. The van der Waals surface area contributed by atoms with Crippen LogP contribution in [0.2, 0.25) is 0 Å². The van der Waals surface area contributed by atoms with E-state index < -0.39 is 0 Å². The molecule has 0 saturated carbocycles. The average Bonchev–Trinajstić information content (AvgIpc) is 2.98. The Balaban J connectivity index is 2.02. The molecule has 0 radical (unpaired) electrons. The monoisotopic (exact) mass is 280 g/mol. The van der Waals surface area contributed by atoms with Gasteiger partial charge in [0.1, 0.15) is 5.76 Å². The van der Waals surface area contributed by atoms with E-state index in [9.17, 15) is 4.79 Å². The molecule has 0 bridgehead atoms. The molecule has 6 nitrogen and oxygen atoms in total. The zero-order valence-corrected chi connectivity index (χ0v) is 11.9. The van der Waals surface area contributed by atoms with Crippen LogP contribution in [-0.2, 0) is 0 Å². The van der Waals surface area contributed by atoms with Gasteiger partial charge in [0.25, 0.3) is 5.91 Å². The summed E-state index contributed by atoms with van der Waals surface area (Å²) in [7, 11) is 0. The van der Waals surface area contributed by atoms with Crippen LogP contribution < -0.4 is 10.6 Å². The minimum atomic E-state index is -0.311. The molecule has 0 aliphatic carbocycles. The van der Waals surface area contributed by atoms with Crippen molar-refractivity contribution in [2.24, 2.45) is 0 Å². The fourth-order valence-corrected chi connectivity index (χ4v) is 2.39. The zero-order valence-electron chi connectivity index (χ0n) is 11.1. The molecule has 0 saturated heterocycles. The number of amides is 1. The molecule has 102 valence electrons. The second-order valence-electron chi connectivity index (χ2n) is 4.13. The molecule has 0 aromatic carbocycles. The van der Waals surface area contributed by atoms with Crippen molar-refractivity contribution >= 4 is 22.4 Å². The summed E-state index contributed by atoms with van der Waals surface area (Å²) in [5, 5.41) is 12.1. The molecule has 2 N–H and O–H groups in total. The summed E-state index contributed by atoms with van der Waals surface area (Å²) in [6.45, 7) is 6.69. The highest BCUT2D eigenvalue weighted by Gasteiger charge is 2.14. The van der Waals surface area contributed by atoms with E-state index in [1.54, 1.807) is 13.0 Å². The van der Waals surface area contributed by atoms with Gasteiger partial charge in [-0.05, 0) is 20.4 Å². The largest absolute Gasteiger partial charge is 0.361 e. The number of aromatic nitrogens is 2. The molecule has 1 atom stereocenters. The molecule has 0 spiro atoms. The molecule has 0 aliphatic heterocycles. The smallest absolute Gasteiger partial charge is 0.279 e. The van der Waals surface area contributed by atoms with Crippen molar-refractivity contribution < 1.29 is 9.32 Å². The molecule has 2 aromatic rings. The lowest BCUT2D eigenvalue weighted by atomic mass is 10.3. The highest BCUT2D eigenvalue weighted by atomic mass is 32.1. The topological polar surface area (TPSA) is 80.0 Å². The van der Waals surface area contributed by atoms with Gasteiger partial charge in [-0.15, -0.1) is 11.3 Å². The quantitative estimate of drug-likeness (QED) is 0.879. The summed E-state index contributed by atoms with van der Waals surface area (Å²) in [6.07, 6.45) is 0. The highest BCUT2D eigenvalue weighted by Crippen LogP contribution is 2.21. The number of thiazole rings is 1. The molecule has 0 aliphatic rings. The number of nitrogens with one attached hydrogen (secondary N) is 2. The van der Waals surface area contributed by atoms with Gasteiger partial charge in [-0.2, -0.15) is 0 Å². The number of nitrogens with zero attached hydrogens (tertiary/aromatic N) is 2. The summed E-state index contributed by atoms with van der Waals surface area (Å²) < 4.78 is 4.86. The third-order valence-corrected chi connectivity index (χ3v) is 3.33. The van der Waals surface area contributed by atoms with E-state index in [0.29, 0.717) is 10.9 Å². The van der Waals surface area contributed by atoms with Gasteiger partial charge in [0.05, 0.1) is 5.69 Å². The predicted octanol–water partition coefficient (Wildman–Crippen LogP) is 2.36. The minimum absolute atomic E-state index is 0.168. The summed E-state index contributed by atoms with van der Waals surface area (Å²) in [6, 6.07) is 1.76. The van der Waals surface area contributed by atoms with Gasteiger partial charge in [0.15, 0.2) is 10.8 Å². The van der Waals surface area contributed by atoms with Crippen molar-refractivity contribution in [3.63, 3.8) is 0 Å². The van der Waals surface area contributed by atoms with Crippen molar-refractivity contribution in [3.05, 3.63) is 28.6 Å². The molecule has 2 rings (SSSR count). The molecular weight excluding hydrogens is 264 g/mol. The Morgan fingerprint density at radius 1 is 1.58 bits per heavy atom. The van der Waals surface area contributed by atoms with Gasteiger partial charge in [0, 0.05) is 17.5 Å². The number of aryl methyl sites for hydroxylation is 1. The fraction of sp³-hybridized carbons (Fsp3) is 0.417. The predicted molar refractivity (Wildman–Crippen MR) is 73.4 cm³/mol. The van der Waals surface area contributed by atoms with Crippen LogP contribution in [-0.4, -0.2) is 22.6 Å². The number of carbonyl (C=O) groups excluding carboxylic acids is 1. The standard InChI is InChI=1S/C12H16N4O2S/c1-4-13-8(3)10-6-19-12(14-10)15-11(17)9-5-7(2)18-16-9/h5-6,8,13H,4H2,1-3H3,(H,14,15,17). The van der Waals surface area contributed by atoms with Crippen molar-refractivity contribution in [1.29, 1.82) is 0 Å². The van der Waals surface area contributed by atoms with Gasteiger partial charge in [0.2, 0.25) is 0 Å². The van der Waals surface area contributed by atoms with E-state index in [1.165, 1.54) is 11.3 Å². The average molecular weight is 280 g/mol. The van der Waals surface area contributed by atoms with Gasteiger partial charge < -0.3 is 9.84 Å². The summed E-state index contributed by atoms with van der Waals surface area (Å²) in [5.74, 6) is 0.291. The third kappa shape index (κ3) is 3.39. The number of hydrogen-bond donors (Lipinski definition) is 2. The van der Waals surface area contributed by atoms with E-state index >= 15 is 0 Å². The summed E-state index contributed by atoms with van der Waals surface area (Å²) in [4.78, 5) is 16.2. The van der Waals surface area contributed by atoms with E-state index in [1.807, 2.05) is 19.2 Å². The van der Waals surface area contributed by atoms with Crippen LogP contribution in [0.15, 0.2) is 16.0 Å². The fourth-order valence-electron chi connectivity index (χ4n) is 1.59. The summed E-state index contributed by atoms with van der Waals surface area (Å²) >= 11 is 1.39. The maximum absolute atomic E-state index is 11.8. The van der Waals surface area contributed by atoms with E-state index in [4.69, 9.17) is 4.52 Å². The molecule has 19 heavy (non-hydrogen) atoms. The van der Waals surface area contributed by atoms with Gasteiger partial charge in [-0.25, -0.2) is 4.98 Å². The Morgan fingerprint density at radius 2 is 2.37 bits per heavy atom. The van der Waals surface area contributed by atoms with Crippen LogP contribution in [0.3, 0.4) is 0 Å². The first-order chi connectivity index (χ1) is 9.10. The first-order valence-corrected chi connectivity index (χ1v) is 6.91. The lowest BCUT2D eigenvalue weighted by molar-refractivity contribution is 0.101. The van der Waals surface area contributed by atoms with Crippen molar-refractivity contribution in [1.82, 2.24) is 15.5 Å². The van der Waals surface area contributed by atoms with Gasteiger partial charge >= 0.3 is 0 Å². The summed E-state index contributed by atoms with van der Waals surface area (Å²) in [5.41, 5.74) is 1.17. The number of rotatable bonds is 5. The molecule has 7 heteroatoms. The van der Waals surface area contributed by atoms with Gasteiger partial charge in [-0.1, -0.05) is 12.1 Å². The molecule has 1 amide bonds. The second kappa shape index (κ2) is 5.94. The SMILES string of the molecule is CCNC(C)c1csc(NC(=O)c2cc(C)on2)n1. The first kappa shape index (κ1) is 13.7. The lowest BCUT2D eigenvalue weighted by Crippen LogP contribution is -2.18. The second-order valence-corrected chi connectivity index (χ2v) is 4.99. The van der Waals surface area contributed by atoms with Crippen molar-refractivity contribution in [3.8, 4) is 0 Å². The zero-order chi connectivity index (χ0) is 13.8. The van der Waals surface area contributed by atoms with E-state index in [-0.39, 0.29) is 17.6 Å². The van der Waals surface area contributed by atoms with Crippen LogP contribution in [0.4, 0.5) is 5.13 Å². The maximum Gasteiger partial charge on any atom is 0.279 e. The number of carbonyl (C=O) groups is 1. The van der Waals surface area contributed by atoms with Crippen LogP contribution in [0.25, 0.3) is 0 Å². The van der Waals surface area contributed by atoms with Crippen molar-refractivity contribution in [2.75, 3.05) is 11.9 Å². The molecule has 2 heterocycles. The Hall–Kier alpha value is -1.73. The molecule has 0 fully saturated rings. The minimum Gasteiger partial charge on any atom is -0.361 e. The maximum atomic E-state index is 11.8.